The van der Waals surface area contributed by atoms with Crippen molar-refractivity contribution in [3.05, 3.63) is 82.5 Å². The summed E-state index contributed by atoms with van der Waals surface area (Å²) >= 11 is -0.750. The van der Waals surface area contributed by atoms with Crippen molar-refractivity contribution < 1.29 is 22.7 Å². The van der Waals surface area contributed by atoms with Crippen molar-refractivity contribution >= 4 is 29.2 Å². The van der Waals surface area contributed by atoms with Crippen molar-refractivity contribution in [1.82, 2.24) is 9.88 Å². The number of carbonyl (C=O) groups excluding carboxylic acids is 2. The number of aromatic nitrogens is 1. The molecule has 1 aliphatic rings. The second-order valence-electron chi connectivity index (χ2n) is 7.89. The normalized spacial score (nSPS) is 11.9. The molecule has 1 aromatic heterocycles. The lowest BCUT2D eigenvalue weighted by Gasteiger charge is -2.14. The van der Waals surface area contributed by atoms with Crippen molar-refractivity contribution in [2.24, 2.45) is 0 Å². The number of rotatable bonds is 6. The van der Waals surface area contributed by atoms with Gasteiger partial charge in [0.15, 0.2) is 0 Å². The number of anilines is 1. The third kappa shape index (κ3) is 5.93. The van der Waals surface area contributed by atoms with Gasteiger partial charge in [0.2, 0.25) is 0 Å². The van der Waals surface area contributed by atoms with Gasteiger partial charge in [-0.1, -0.05) is 30.7 Å². The number of hydrogen-bond acceptors (Lipinski definition) is 6. The van der Waals surface area contributed by atoms with Crippen LogP contribution in [0.2, 0.25) is 0 Å². The molecule has 0 unspecified atom stereocenters. The van der Waals surface area contributed by atoms with E-state index in [0.717, 1.165) is 23.1 Å². The van der Waals surface area contributed by atoms with E-state index in [1.54, 1.807) is 29.3 Å². The summed E-state index contributed by atoms with van der Waals surface area (Å²) in [4.78, 5) is 31.9. The van der Waals surface area contributed by atoms with Crippen molar-refractivity contribution in [2.45, 2.75) is 33.7 Å². The number of fused-ring (bicyclic) bond motifs is 1. The highest BCUT2D eigenvalue weighted by molar-refractivity contribution is 7.51. The summed E-state index contributed by atoms with van der Waals surface area (Å²) in [6.45, 7) is 7.11. The Morgan fingerprint density at radius 3 is 2.38 bits per heavy atom. The first-order chi connectivity index (χ1) is 16.4. The van der Waals surface area contributed by atoms with E-state index in [1.165, 1.54) is 0 Å². The summed E-state index contributed by atoms with van der Waals surface area (Å²) in [7, 11) is 0. The van der Waals surface area contributed by atoms with Crippen molar-refractivity contribution in [2.75, 3.05) is 11.9 Å². The Bertz CT molecular complexity index is 1220. The van der Waals surface area contributed by atoms with Crippen LogP contribution in [-0.4, -0.2) is 36.7 Å². The van der Waals surface area contributed by atoms with E-state index in [0.29, 0.717) is 41.5 Å². The molecule has 0 spiro atoms. The fourth-order valence-electron chi connectivity index (χ4n) is 3.57. The van der Waals surface area contributed by atoms with E-state index in [1.807, 2.05) is 51.1 Å². The number of nitrogens with one attached hydrogen (secondary N) is 1. The molecule has 9 heteroatoms. The van der Waals surface area contributed by atoms with E-state index in [9.17, 15) is 9.59 Å². The van der Waals surface area contributed by atoms with Crippen LogP contribution in [0.1, 0.15) is 50.8 Å². The predicted molar refractivity (Wildman–Crippen MR) is 129 cm³/mol. The summed E-state index contributed by atoms with van der Waals surface area (Å²) in [6.07, 6.45) is 2.55. The van der Waals surface area contributed by atoms with Crippen LogP contribution in [0, 0.1) is 13.8 Å². The number of nitrogens with zero attached hydrogens (tertiary/aromatic N) is 2. The first-order valence-electron chi connectivity index (χ1n) is 10.7. The third-order valence-corrected chi connectivity index (χ3v) is 5.23. The van der Waals surface area contributed by atoms with E-state index in [4.69, 9.17) is 13.2 Å². The lowest BCUT2D eigenvalue weighted by atomic mass is 10.0. The maximum atomic E-state index is 12.9. The second-order valence-corrected chi connectivity index (χ2v) is 8.02. The molecule has 176 valence electrons. The van der Waals surface area contributed by atoms with Gasteiger partial charge < -0.3 is 15.0 Å². The Balaban J connectivity index is 0.00000103. The van der Waals surface area contributed by atoms with E-state index < -0.39 is 11.6 Å². The highest BCUT2D eigenvalue weighted by Crippen LogP contribution is 2.35. The van der Waals surface area contributed by atoms with E-state index in [2.05, 4.69) is 10.3 Å². The number of pyridine rings is 1. The monoisotopic (exact) mass is 479 g/mol. The lowest BCUT2D eigenvalue weighted by molar-refractivity contribution is 0.0778. The minimum Gasteiger partial charge on any atom is -0.457 e. The maximum absolute atomic E-state index is 12.9. The maximum Gasteiger partial charge on any atom is 0.335 e. The average molecular weight is 480 g/mol. The smallest absolute Gasteiger partial charge is 0.335 e. The van der Waals surface area contributed by atoms with Gasteiger partial charge in [-0.05, 0) is 56.2 Å². The largest absolute Gasteiger partial charge is 0.457 e. The van der Waals surface area contributed by atoms with Gasteiger partial charge in [0.05, 0.1) is 6.54 Å². The van der Waals surface area contributed by atoms with Crippen LogP contribution < -0.4 is 10.1 Å². The third-order valence-electron chi connectivity index (χ3n) is 5.23. The first-order valence-corrected chi connectivity index (χ1v) is 11.4. The molecule has 1 N–H and O–H groups in total. The molecule has 0 atom stereocenters. The number of amides is 2. The summed E-state index contributed by atoms with van der Waals surface area (Å²) in [5, 5.41) is 2.80. The fraction of sp³-hybridized carbons (Fsp3) is 0.240. The van der Waals surface area contributed by atoms with Gasteiger partial charge in [-0.2, -0.15) is 8.42 Å². The molecule has 3 aromatic rings. The Labute approximate surface area is 201 Å². The van der Waals surface area contributed by atoms with Crippen LogP contribution in [0.4, 0.5) is 5.82 Å². The van der Waals surface area contributed by atoms with Crippen molar-refractivity contribution in [3.8, 4) is 11.5 Å². The van der Waals surface area contributed by atoms with Gasteiger partial charge >= 0.3 is 11.6 Å². The summed E-state index contributed by atoms with van der Waals surface area (Å²) in [5.41, 5.74) is 3.81. The standard InChI is InChI=1S/C25H25N3O3.O2S/c1-4-11-28-15-21-20(25(28)30)12-18(24(29)27-23-10-7-17(3)14-26-23)13-22(21)31-19-8-5-16(2)6-9-19;1-3-2/h5-10,12-14H,4,11,15H2,1-3H3,(H,26,27,29);. The zero-order valence-electron chi connectivity index (χ0n) is 19.2. The molecular formula is C25H25N3O5S. The molecule has 2 aromatic carbocycles. The quantitative estimate of drug-likeness (QED) is 0.560. The van der Waals surface area contributed by atoms with Crippen molar-refractivity contribution in [3.63, 3.8) is 0 Å². The Morgan fingerprint density at radius 2 is 1.76 bits per heavy atom. The number of hydrogen-bond donors (Lipinski definition) is 1. The van der Waals surface area contributed by atoms with Gasteiger partial charge in [0, 0.05) is 29.4 Å². The molecule has 0 aliphatic carbocycles. The number of ether oxygens (including phenoxy) is 1. The van der Waals surface area contributed by atoms with E-state index >= 15 is 0 Å². The molecule has 2 amide bonds. The van der Waals surface area contributed by atoms with Crippen LogP contribution in [0.3, 0.4) is 0 Å². The zero-order chi connectivity index (χ0) is 24.7. The Hall–Kier alpha value is -3.85. The van der Waals surface area contributed by atoms with Crippen LogP contribution in [0.25, 0.3) is 0 Å². The molecule has 0 bridgehead atoms. The number of benzene rings is 2. The van der Waals surface area contributed by atoms with Gasteiger partial charge in [0.25, 0.3) is 11.8 Å². The van der Waals surface area contributed by atoms with Crippen molar-refractivity contribution in [1.29, 1.82) is 0 Å². The van der Waals surface area contributed by atoms with Gasteiger partial charge in [-0.15, -0.1) is 0 Å². The van der Waals surface area contributed by atoms with Gasteiger partial charge in [0.1, 0.15) is 17.3 Å². The molecule has 8 nitrogen and oxygen atoms in total. The van der Waals surface area contributed by atoms with Gasteiger partial charge in [-0.3, -0.25) is 9.59 Å². The summed E-state index contributed by atoms with van der Waals surface area (Å²) < 4.78 is 22.7. The minimum atomic E-state index is -0.750. The predicted octanol–water partition coefficient (Wildman–Crippen LogP) is 4.44. The van der Waals surface area contributed by atoms with Crippen LogP contribution >= 0.6 is 0 Å². The summed E-state index contributed by atoms with van der Waals surface area (Å²) in [6, 6.07) is 14.7. The minimum absolute atomic E-state index is 0.0753. The second kappa shape index (κ2) is 11.3. The molecule has 0 fully saturated rings. The van der Waals surface area contributed by atoms with Crippen LogP contribution in [-0.2, 0) is 18.1 Å². The molecule has 0 saturated heterocycles. The average Bonchev–Trinajstić information content (AvgIpc) is 3.13. The van der Waals surface area contributed by atoms with Crippen LogP contribution in [0.5, 0.6) is 11.5 Å². The highest BCUT2D eigenvalue weighted by Gasteiger charge is 2.31. The Kier molecular flexibility index (Phi) is 8.26. The highest BCUT2D eigenvalue weighted by atomic mass is 32.1. The molecule has 4 rings (SSSR count). The number of aryl methyl sites for hydroxylation is 2. The van der Waals surface area contributed by atoms with Crippen LogP contribution in [0.15, 0.2) is 54.7 Å². The molecule has 0 radical (unpaired) electrons. The fourth-order valence-corrected chi connectivity index (χ4v) is 3.57. The topological polar surface area (TPSA) is 106 Å². The first kappa shape index (κ1) is 24.8. The molecule has 2 heterocycles. The zero-order valence-corrected chi connectivity index (χ0v) is 20.0. The molecule has 34 heavy (non-hydrogen) atoms. The molecule has 0 saturated carbocycles. The van der Waals surface area contributed by atoms with Gasteiger partial charge in [-0.25, -0.2) is 4.98 Å². The number of carbonyl (C=O) groups is 2. The molecular weight excluding hydrogens is 454 g/mol. The SMILES string of the molecule is CCCN1Cc2c(Oc3ccc(C)cc3)cc(C(=O)Nc3ccc(C)cn3)cc2C1=O.O=S=O. The summed E-state index contributed by atoms with van der Waals surface area (Å²) in [5.74, 6) is 1.22. The lowest BCUT2D eigenvalue weighted by Crippen LogP contribution is -2.24. The Morgan fingerprint density at radius 1 is 1.09 bits per heavy atom. The van der Waals surface area contributed by atoms with E-state index in [-0.39, 0.29) is 11.8 Å². The molecule has 1 aliphatic heterocycles.